The van der Waals surface area contributed by atoms with Crippen LogP contribution in [0, 0.1) is 52.3 Å². The molecule has 0 saturated heterocycles. The predicted octanol–water partition coefficient (Wildman–Crippen LogP) is 4.03. The van der Waals surface area contributed by atoms with Gasteiger partial charge in [-0.05, 0) is 97.2 Å². The average Bonchev–Trinajstić information content (AvgIpc) is 3.09. The second-order valence-corrected chi connectivity index (χ2v) is 12.2. The van der Waals surface area contributed by atoms with Gasteiger partial charge < -0.3 is 20.4 Å². The molecule has 4 unspecified atom stereocenters. The van der Waals surface area contributed by atoms with Crippen molar-refractivity contribution in [3.8, 4) is 0 Å². The monoisotopic (exact) mass is 454 g/mol. The fraction of sp³-hybridized carbons (Fsp3) is 0.962. The Morgan fingerprint density at radius 1 is 1.06 bits per heavy atom. The topological polar surface area (TPSA) is 98.0 Å². The number of aliphatic hydroxyl groups excluding tert-OH is 3. The number of aliphatic hydroxyl groups is 3. The number of alkyl halides is 1. The van der Waals surface area contributed by atoms with Gasteiger partial charge in [0, 0.05) is 0 Å². The molecule has 6 heteroatoms. The first kappa shape index (κ1) is 24.4. The molecule has 4 saturated carbocycles. The van der Waals surface area contributed by atoms with Gasteiger partial charge in [0.25, 0.3) is 0 Å². The number of fused-ring (bicyclic) bond motifs is 5. The summed E-state index contributed by atoms with van der Waals surface area (Å²) in [4.78, 5) is 11.1. The highest BCUT2D eigenvalue weighted by Gasteiger charge is 2.67. The van der Waals surface area contributed by atoms with Gasteiger partial charge in [0.2, 0.25) is 0 Å². The van der Waals surface area contributed by atoms with Crippen LogP contribution >= 0.6 is 0 Å². The maximum atomic E-state index is 14.0. The van der Waals surface area contributed by atoms with Crippen LogP contribution < -0.4 is 0 Å². The summed E-state index contributed by atoms with van der Waals surface area (Å²) in [5.74, 6) is -0.619. The van der Waals surface area contributed by atoms with Gasteiger partial charge in [-0.2, -0.15) is 0 Å². The van der Waals surface area contributed by atoms with Crippen molar-refractivity contribution in [3.05, 3.63) is 0 Å². The van der Waals surface area contributed by atoms with E-state index in [1.54, 1.807) is 0 Å². The minimum atomic E-state index is -1.88. The summed E-state index contributed by atoms with van der Waals surface area (Å²) >= 11 is 0. The molecule has 4 fully saturated rings. The highest BCUT2D eigenvalue weighted by atomic mass is 19.1. The van der Waals surface area contributed by atoms with Crippen LogP contribution in [0.3, 0.4) is 0 Å². The molecule has 0 aromatic carbocycles. The molecule has 4 aliphatic carbocycles. The Labute approximate surface area is 191 Å². The Hall–Kier alpha value is -0.720. The largest absolute Gasteiger partial charge is 0.479 e. The molecular formula is C26H43FO5. The lowest BCUT2D eigenvalue weighted by atomic mass is 9.41. The molecule has 4 N–H and O–H groups in total. The molecule has 0 radical (unpaired) electrons. The lowest BCUT2D eigenvalue weighted by Crippen LogP contribution is -2.65. The minimum absolute atomic E-state index is 0.00313. The summed E-state index contributed by atoms with van der Waals surface area (Å²) in [7, 11) is 0. The SMILES string of the molecule is CC[C@H]1[C@@H](O)C2C3CCC([C@H](C)C[C@@H](F)C(=O)O)[C@@]3(C)[C@@H](O)CC2[C@@]2(C)CC[C@@H](O)C[C@@H]12. The van der Waals surface area contributed by atoms with Crippen LogP contribution in [0.4, 0.5) is 4.39 Å². The quantitative estimate of drug-likeness (QED) is 0.503. The van der Waals surface area contributed by atoms with Gasteiger partial charge in [-0.3, -0.25) is 0 Å². The van der Waals surface area contributed by atoms with E-state index in [4.69, 9.17) is 5.11 Å². The molecule has 4 rings (SSSR count). The standard InChI is InChI=1S/C26H43FO5/c1-5-15-18-11-14(28)8-9-25(18,3)19-12-21(29)26(4)16(13(2)10-20(27)24(31)32)6-7-17(26)22(19)23(15)30/h13-23,28-30H,5-12H2,1-4H3,(H,31,32)/t13-,14-,15-,16?,17?,18+,19?,20-,21+,22?,23-,25+,26-/m1/s1. The summed E-state index contributed by atoms with van der Waals surface area (Å²) in [6.07, 6.45) is 2.51. The Morgan fingerprint density at radius 3 is 2.38 bits per heavy atom. The number of aliphatic carboxylic acids is 1. The zero-order valence-corrected chi connectivity index (χ0v) is 20.1. The Balaban J connectivity index is 1.66. The molecule has 0 heterocycles. The van der Waals surface area contributed by atoms with Crippen molar-refractivity contribution in [1.82, 2.24) is 0 Å². The van der Waals surface area contributed by atoms with Gasteiger partial charge in [0.05, 0.1) is 18.3 Å². The van der Waals surface area contributed by atoms with Crippen LogP contribution in [-0.4, -0.2) is 50.9 Å². The lowest BCUT2D eigenvalue weighted by molar-refractivity contribution is -0.228. The van der Waals surface area contributed by atoms with Crippen LogP contribution in [0.5, 0.6) is 0 Å². The zero-order chi connectivity index (χ0) is 23.6. The first-order chi connectivity index (χ1) is 15.0. The number of carboxylic acid groups (broad SMARTS) is 1. The summed E-state index contributed by atoms with van der Waals surface area (Å²) < 4.78 is 14.0. The van der Waals surface area contributed by atoms with Crippen molar-refractivity contribution >= 4 is 5.97 Å². The summed E-state index contributed by atoms with van der Waals surface area (Å²) in [6.45, 7) is 8.52. The number of hydrogen-bond donors (Lipinski definition) is 4. The fourth-order valence-electron chi connectivity index (χ4n) is 9.48. The average molecular weight is 455 g/mol. The normalized spacial score (nSPS) is 52.4. The third-order valence-corrected chi connectivity index (χ3v) is 11.1. The maximum absolute atomic E-state index is 14.0. The van der Waals surface area contributed by atoms with Gasteiger partial charge in [-0.25, -0.2) is 9.18 Å². The van der Waals surface area contributed by atoms with E-state index in [1.807, 2.05) is 6.92 Å². The zero-order valence-electron chi connectivity index (χ0n) is 20.1. The molecule has 32 heavy (non-hydrogen) atoms. The number of carboxylic acids is 1. The maximum Gasteiger partial charge on any atom is 0.338 e. The van der Waals surface area contributed by atoms with Crippen molar-refractivity contribution in [2.24, 2.45) is 52.3 Å². The van der Waals surface area contributed by atoms with E-state index in [-0.39, 0.29) is 59.4 Å². The summed E-state index contributed by atoms with van der Waals surface area (Å²) in [6, 6.07) is 0. The van der Waals surface area contributed by atoms with Crippen molar-refractivity contribution in [3.63, 3.8) is 0 Å². The summed E-state index contributed by atoms with van der Waals surface area (Å²) in [5, 5.41) is 42.7. The summed E-state index contributed by atoms with van der Waals surface area (Å²) in [5.41, 5.74) is -0.432. The molecule has 0 aromatic heterocycles. The van der Waals surface area contributed by atoms with E-state index < -0.39 is 29.8 Å². The molecular weight excluding hydrogens is 411 g/mol. The van der Waals surface area contributed by atoms with Crippen LogP contribution in [0.1, 0.15) is 79.1 Å². The Bertz CT molecular complexity index is 716. The van der Waals surface area contributed by atoms with Crippen molar-refractivity contribution < 1.29 is 29.6 Å². The van der Waals surface area contributed by atoms with Crippen LogP contribution in [-0.2, 0) is 4.79 Å². The van der Waals surface area contributed by atoms with Crippen molar-refractivity contribution in [2.45, 2.75) is 104 Å². The fourth-order valence-corrected chi connectivity index (χ4v) is 9.48. The van der Waals surface area contributed by atoms with Crippen LogP contribution in [0.25, 0.3) is 0 Å². The van der Waals surface area contributed by atoms with Gasteiger partial charge >= 0.3 is 5.97 Å². The minimum Gasteiger partial charge on any atom is -0.479 e. The van der Waals surface area contributed by atoms with E-state index in [2.05, 4.69) is 20.8 Å². The van der Waals surface area contributed by atoms with E-state index in [0.29, 0.717) is 6.42 Å². The molecule has 184 valence electrons. The third kappa shape index (κ3) is 3.46. The first-order valence-corrected chi connectivity index (χ1v) is 12.9. The van der Waals surface area contributed by atoms with Crippen LogP contribution in [0.2, 0.25) is 0 Å². The molecule has 0 aromatic rings. The van der Waals surface area contributed by atoms with E-state index >= 15 is 0 Å². The van der Waals surface area contributed by atoms with E-state index in [9.17, 15) is 24.5 Å². The second kappa shape index (κ2) is 8.49. The molecule has 4 aliphatic rings. The van der Waals surface area contributed by atoms with Gasteiger partial charge in [-0.1, -0.05) is 34.1 Å². The van der Waals surface area contributed by atoms with E-state index in [1.165, 1.54) is 0 Å². The van der Waals surface area contributed by atoms with Crippen molar-refractivity contribution in [2.75, 3.05) is 0 Å². The second-order valence-electron chi connectivity index (χ2n) is 12.2. The van der Waals surface area contributed by atoms with Gasteiger partial charge in [0.15, 0.2) is 6.17 Å². The number of carbonyl (C=O) groups is 1. The smallest absolute Gasteiger partial charge is 0.338 e. The number of halogens is 1. The molecule has 0 amide bonds. The van der Waals surface area contributed by atoms with E-state index in [0.717, 1.165) is 38.5 Å². The molecule has 5 nitrogen and oxygen atoms in total. The number of hydrogen-bond acceptors (Lipinski definition) is 4. The highest BCUT2D eigenvalue weighted by Crippen LogP contribution is 2.69. The predicted molar refractivity (Wildman–Crippen MR) is 119 cm³/mol. The highest BCUT2D eigenvalue weighted by molar-refractivity contribution is 5.72. The third-order valence-electron chi connectivity index (χ3n) is 11.1. The number of rotatable bonds is 5. The molecule has 0 spiro atoms. The molecule has 0 bridgehead atoms. The Kier molecular flexibility index (Phi) is 6.48. The first-order valence-electron chi connectivity index (χ1n) is 12.9. The Morgan fingerprint density at radius 2 is 1.75 bits per heavy atom. The molecule has 13 atom stereocenters. The van der Waals surface area contributed by atoms with Gasteiger partial charge in [-0.15, -0.1) is 0 Å². The lowest BCUT2D eigenvalue weighted by Gasteiger charge is -2.65. The van der Waals surface area contributed by atoms with Crippen LogP contribution in [0.15, 0.2) is 0 Å². The van der Waals surface area contributed by atoms with Crippen molar-refractivity contribution in [1.29, 1.82) is 0 Å². The van der Waals surface area contributed by atoms with Gasteiger partial charge in [0.1, 0.15) is 0 Å². The molecule has 0 aliphatic heterocycles.